The summed E-state index contributed by atoms with van der Waals surface area (Å²) in [6, 6.07) is 0.365. The normalized spacial score (nSPS) is 11.4. The summed E-state index contributed by atoms with van der Waals surface area (Å²) in [5, 5.41) is 12.6. The predicted molar refractivity (Wildman–Crippen MR) is 65.6 cm³/mol. The molecule has 1 aromatic carbocycles. The maximum Gasteiger partial charge on any atom is 0.379 e. The Morgan fingerprint density at radius 3 is 2.62 bits per heavy atom. The highest BCUT2D eigenvalue weighted by Crippen LogP contribution is 2.16. The van der Waals surface area contributed by atoms with E-state index in [9.17, 15) is 23.3 Å². The monoisotopic (exact) mass is 303 g/mol. The van der Waals surface area contributed by atoms with Crippen molar-refractivity contribution in [1.82, 2.24) is 5.32 Å². The van der Waals surface area contributed by atoms with Crippen molar-refractivity contribution >= 4 is 23.7 Å². The molecule has 0 bridgehead atoms. The zero-order valence-corrected chi connectivity index (χ0v) is 10.4. The number of hydrogen-bond acceptors (Lipinski definition) is 5. The van der Waals surface area contributed by atoms with Crippen LogP contribution in [0.4, 0.5) is 19.4 Å². The van der Waals surface area contributed by atoms with Gasteiger partial charge in [-0.05, 0) is 18.2 Å². The first-order valence-corrected chi connectivity index (χ1v) is 5.51. The number of rotatable bonds is 5. The van der Waals surface area contributed by atoms with Crippen LogP contribution in [0.15, 0.2) is 18.2 Å². The Balaban J connectivity index is 2.71. The van der Waals surface area contributed by atoms with Gasteiger partial charge in [-0.15, -0.1) is 0 Å². The molecule has 2 amide bonds. The number of hydrogen-bond donors (Lipinski definition) is 4. The summed E-state index contributed by atoms with van der Waals surface area (Å²) in [6.45, 7) is -0.394. The number of nitrogens with one attached hydrogen (secondary N) is 2. The zero-order chi connectivity index (χ0) is 16.0. The summed E-state index contributed by atoms with van der Waals surface area (Å²) < 4.78 is 25.2. The van der Waals surface area contributed by atoms with Crippen molar-refractivity contribution in [3.05, 3.63) is 29.6 Å². The number of carboxylic acid groups (broad SMARTS) is 1. The fourth-order valence-electron chi connectivity index (χ4n) is 1.25. The maximum absolute atomic E-state index is 13.4. The molecule has 21 heavy (non-hydrogen) atoms. The highest BCUT2D eigenvalue weighted by Gasteiger charge is 2.15. The van der Waals surface area contributed by atoms with Gasteiger partial charge in [0.25, 0.3) is 0 Å². The maximum atomic E-state index is 13.4. The second-order valence-electron chi connectivity index (χ2n) is 3.84. The summed E-state index contributed by atoms with van der Waals surface area (Å²) in [5.74, 6) is -3.57. The van der Waals surface area contributed by atoms with Crippen LogP contribution in [0.1, 0.15) is 10.4 Å². The Morgan fingerprint density at radius 1 is 1.38 bits per heavy atom. The number of carbonyl (C=O) groups excluding carboxylic acids is 2. The molecular formula is C11H11F2N3O5. The third-order valence-electron chi connectivity index (χ3n) is 2.32. The van der Waals surface area contributed by atoms with Crippen LogP contribution in [-0.2, 0) is 9.74 Å². The molecule has 0 heterocycles. The first-order valence-electron chi connectivity index (χ1n) is 5.51. The zero-order valence-electron chi connectivity index (χ0n) is 10.4. The number of anilines is 1. The van der Waals surface area contributed by atoms with Crippen LogP contribution in [0.5, 0.6) is 0 Å². The van der Waals surface area contributed by atoms with Crippen LogP contribution >= 0.6 is 0 Å². The number of urea groups is 1. The molecule has 1 atom stereocenters. The lowest BCUT2D eigenvalue weighted by molar-refractivity contribution is -0.138. The van der Waals surface area contributed by atoms with Gasteiger partial charge in [0, 0.05) is 11.1 Å². The van der Waals surface area contributed by atoms with Crippen molar-refractivity contribution in [1.29, 1.82) is 0 Å². The van der Waals surface area contributed by atoms with Crippen LogP contribution in [0, 0.1) is 5.82 Å². The van der Waals surface area contributed by atoms with Crippen LogP contribution in [0.2, 0.25) is 0 Å². The van der Waals surface area contributed by atoms with E-state index in [-0.39, 0.29) is 5.56 Å². The van der Waals surface area contributed by atoms with Gasteiger partial charge in [-0.25, -0.2) is 18.9 Å². The van der Waals surface area contributed by atoms with Crippen LogP contribution in [-0.4, -0.2) is 35.7 Å². The second-order valence-corrected chi connectivity index (χ2v) is 3.84. The Bertz CT molecular complexity index is 567. The van der Waals surface area contributed by atoms with Crippen molar-refractivity contribution in [3.8, 4) is 0 Å². The molecule has 10 heteroatoms. The second kappa shape index (κ2) is 7.14. The fraction of sp³-hybridized carbons (Fsp3) is 0.182. The molecule has 1 rings (SSSR count). The third kappa shape index (κ3) is 4.69. The van der Waals surface area contributed by atoms with E-state index in [1.165, 1.54) is 0 Å². The van der Waals surface area contributed by atoms with Gasteiger partial charge in [0.15, 0.2) is 0 Å². The molecule has 0 saturated heterocycles. The first-order chi connectivity index (χ1) is 9.85. The molecular weight excluding hydrogens is 292 g/mol. The molecule has 114 valence electrons. The Hall–Kier alpha value is -2.75. The van der Waals surface area contributed by atoms with Crippen LogP contribution in [0.3, 0.4) is 0 Å². The minimum absolute atomic E-state index is 0.323. The summed E-state index contributed by atoms with van der Waals surface area (Å²) in [7, 11) is 0. The van der Waals surface area contributed by atoms with Crippen LogP contribution < -0.4 is 16.4 Å². The van der Waals surface area contributed by atoms with Gasteiger partial charge in [-0.3, -0.25) is 4.79 Å². The van der Waals surface area contributed by atoms with E-state index in [4.69, 9.17) is 10.8 Å². The van der Waals surface area contributed by atoms with Crippen molar-refractivity contribution in [2.75, 3.05) is 11.9 Å². The molecule has 0 aromatic heterocycles. The SMILES string of the molecule is N[C@@H](CNC(=O)Nc1cc(C(=O)OF)ccc1F)C(=O)O. The highest BCUT2D eigenvalue weighted by molar-refractivity contribution is 5.94. The Morgan fingerprint density at radius 2 is 2.05 bits per heavy atom. The molecule has 8 nitrogen and oxygen atoms in total. The quantitative estimate of drug-likeness (QED) is 0.623. The van der Waals surface area contributed by atoms with E-state index in [1.807, 2.05) is 5.32 Å². The largest absolute Gasteiger partial charge is 0.480 e. The van der Waals surface area contributed by atoms with E-state index in [0.717, 1.165) is 18.2 Å². The van der Waals surface area contributed by atoms with Crippen molar-refractivity contribution in [3.63, 3.8) is 0 Å². The molecule has 1 aromatic rings. The predicted octanol–water partition coefficient (Wildman–Crippen LogP) is 0.400. The van der Waals surface area contributed by atoms with Gasteiger partial charge in [-0.2, -0.15) is 0 Å². The minimum atomic E-state index is -1.36. The van der Waals surface area contributed by atoms with Gasteiger partial charge in [0.05, 0.1) is 11.3 Å². The minimum Gasteiger partial charge on any atom is -0.480 e. The topological polar surface area (TPSA) is 131 Å². The molecule has 0 aliphatic rings. The average Bonchev–Trinajstić information content (AvgIpc) is 2.46. The van der Waals surface area contributed by atoms with E-state index in [0.29, 0.717) is 0 Å². The van der Waals surface area contributed by atoms with Crippen molar-refractivity contribution < 1.29 is 33.3 Å². The number of nitrogens with two attached hydrogens (primary N) is 1. The van der Waals surface area contributed by atoms with E-state index < -0.39 is 42.1 Å². The molecule has 0 aliphatic heterocycles. The lowest BCUT2D eigenvalue weighted by Crippen LogP contribution is -2.43. The highest BCUT2D eigenvalue weighted by atomic mass is 19.3. The van der Waals surface area contributed by atoms with E-state index >= 15 is 0 Å². The molecule has 0 aliphatic carbocycles. The Labute approximate surface area is 116 Å². The number of halogens is 2. The molecule has 0 saturated carbocycles. The Kier molecular flexibility index (Phi) is 5.55. The average molecular weight is 303 g/mol. The van der Waals surface area contributed by atoms with Gasteiger partial charge >= 0.3 is 18.0 Å². The molecule has 0 spiro atoms. The van der Waals surface area contributed by atoms with Crippen molar-refractivity contribution in [2.45, 2.75) is 6.04 Å². The number of carbonyl (C=O) groups is 3. The van der Waals surface area contributed by atoms with Gasteiger partial charge < -0.3 is 21.5 Å². The summed E-state index contributed by atoms with van der Waals surface area (Å²) >= 11 is 0. The summed E-state index contributed by atoms with van der Waals surface area (Å²) in [5.41, 5.74) is 4.41. The lowest BCUT2D eigenvalue weighted by atomic mass is 10.2. The molecule has 5 N–H and O–H groups in total. The lowest BCUT2D eigenvalue weighted by Gasteiger charge is -2.11. The third-order valence-corrected chi connectivity index (χ3v) is 2.32. The number of benzene rings is 1. The standard InChI is InChI=1S/C11H11F2N3O5/c12-6-2-1-5(10(19)21-13)3-8(6)16-11(20)15-4-7(14)9(17)18/h1-3,7H,4,14H2,(H,17,18)(H2,15,16,20)/t7-/m0/s1. The van der Waals surface area contributed by atoms with Gasteiger partial charge in [-0.1, -0.05) is 0 Å². The van der Waals surface area contributed by atoms with E-state index in [1.54, 1.807) is 0 Å². The number of carboxylic acids is 1. The van der Waals surface area contributed by atoms with Gasteiger partial charge in [0.1, 0.15) is 11.9 Å². The van der Waals surface area contributed by atoms with E-state index in [2.05, 4.69) is 10.3 Å². The van der Waals surface area contributed by atoms with Crippen molar-refractivity contribution in [2.24, 2.45) is 5.73 Å². The van der Waals surface area contributed by atoms with Gasteiger partial charge in [0.2, 0.25) is 0 Å². The number of amides is 2. The first kappa shape index (κ1) is 16.3. The fourth-order valence-corrected chi connectivity index (χ4v) is 1.25. The molecule has 0 radical (unpaired) electrons. The summed E-state index contributed by atoms with van der Waals surface area (Å²) in [6.07, 6.45) is 0. The summed E-state index contributed by atoms with van der Waals surface area (Å²) in [4.78, 5) is 35.7. The van der Waals surface area contributed by atoms with Crippen LogP contribution in [0.25, 0.3) is 0 Å². The smallest absolute Gasteiger partial charge is 0.379 e. The molecule has 0 fully saturated rings. The molecule has 0 unspecified atom stereocenters. The number of aliphatic carboxylic acids is 1.